The normalized spacial score (nSPS) is 20.9. The number of likely N-dealkylation sites (tertiary alicyclic amines) is 1. The summed E-state index contributed by atoms with van der Waals surface area (Å²) in [4.78, 5) is 16.7. The Hall–Kier alpha value is -1.64. The summed E-state index contributed by atoms with van der Waals surface area (Å²) in [5.41, 5.74) is 1.03. The van der Waals surface area contributed by atoms with Gasteiger partial charge in [0.1, 0.15) is 0 Å². The first-order valence-electron chi connectivity index (χ1n) is 9.17. The molecule has 0 aromatic heterocycles. The number of amides is 2. The fourth-order valence-electron chi connectivity index (χ4n) is 3.41. The van der Waals surface area contributed by atoms with Crippen molar-refractivity contribution in [1.82, 2.24) is 19.4 Å². The maximum absolute atomic E-state index is 12.7. The first-order chi connectivity index (χ1) is 12.4. The molecule has 7 nitrogen and oxygen atoms in total. The van der Waals surface area contributed by atoms with Gasteiger partial charge in [-0.2, -0.15) is 4.31 Å². The largest absolute Gasteiger partial charge is 0.335 e. The topological polar surface area (TPSA) is 73.0 Å². The highest BCUT2D eigenvalue weighted by molar-refractivity contribution is 7.89. The Morgan fingerprint density at radius 2 is 1.58 bits per heavy atom. The van der Waals surface area contributed by atoms with E-state index < -0.39 is 10.0 Å². The molecule has 8 heteroatoms. The minimum Gasteiger partial charge on any atom is -0.335 e. The van der Waals surface area contributed by atoms with Crippen LogP contribution in [0.1, 0.15) is 18.4 Å². The molecule has 144 valence electrons. The van der Waals surface area contributed by atoms with Gasteiger partial charge < -0.3 is 15.1 Å². The summed E-state index contributed by atoms with van der Waals surface area (Å²) in [6.45, 7) is 5.42. The van der Waals surface area contributed by atoms with Crippen LogP contribution in [-0.2, 0) is 10.0 Å². The highest BCUT2D eigenvalue weighted by Crippen LogP contribution is 2.18. The van der Waals surface area contributed by atoms with Crippen LogP contribution in [0.2, 0.25) is 0 Å². The highest BCUT2D eigenvalue weighted by atomic mass is 32.2. The number of urea groups is 1. The number of aryl methyl sites for hydroxylation is 1. The maximum Gasteiger partial charge on any atom is 0.317 e. The number of carbonyl (C=O) groups excluding carboxylic acids is 1. The van der Waals surface area contributed by atoms with Crippen LogP contribution in [0.5, 0.6) is 0 Å². The van der Waals surface area contributed by atoms with Crippen LogP contribution < -0.4 is 5.32 Å². The Kier molecular flexibility index (Phi) is 5.84. The van der Waals surface area contributed by atoms with Crippen LogP contribution in [0, 0.1) is 6.92 Å². The van der Waals surface area contributed by atoms with E-state index in [-0.39, 0.29) is 12.1 Å². The van der Waals surface area contributed by atoms with Gasteiger partial charge in [-0.3, -0.25) is 0 Å². The van der Waals surface area contributed by atoms with Gasteiger partial charge in [-0.25, -0.2) is 13.2 Å². The SMILES string of the molecule is Cc1ccc(S(=O)(=O)N2CCN(C(=O)NC3CCN(C)CC3)CC2)cc1. The van der Waals surface area contributed by atoms with Crippen molar-refractivity contribution in [2.24, 2.45) is 0 Å². The predicted octanol–water partition coefficient (Wildman–Crippen LogP) is 1.11. The van der Waals surface area contributed by atoms with Gasteiger partial charge in [0.25, 0.3) is 0 Å². The summed E-state index contributed by atoms with van der Waals surface area (Å²) in [5, 5.41) is 3.09. The number of sulfonamides is 1. The second kappa shape index (κ2) is 7.94. The quantitative estimate of drug-likeness (QED) is 0.852. The number of nitrogens with zero attached hydrogens (tertiary/aromatic N) is 3. The molecule has 26 heavy (non-hydrogen) atoms. The molecule has 2 saturated heterocycles. The van der Waals surface area contributed by atoms with Gasteiger partial charge in [0.05, 0.1) is 4.90 Å². The zero-order valence-corrected chi connectivity index (χ0v) is 16.3. The van der Waals surface area contributed by atoms with Crippen LogP contribution in [0.15, 0.2) is 29.2 Å². The molecule has 3 rings (SSSR count). The lowest BCUT2D eigenvalue weighted by molar-refractivity contribution is 0.161. The van der Waals surface area contributed by atoms with Crippen LogP contribution in [0.3, 0.4) is 0 Å². The van der Waals surface area contributed by atoms with E-state index >= 15 is 0 Å². The summed E-state index contributed by atoms with van der Waals surface area (Å²) in [7, 11) is -1.40. The van der Waals surface area contributed by atoms with Crippen LogP contribution in [0.25, 0.3) is 0 Å². The molecule has 0 bridgehead atoms. The van der Waals surface area contributed by atoms with E-state index in [2.05, 4.69) is 17.3 Å². The smallest absolute Gasteiger partial charge is 0.317 e. The number of piperazine rings is 1. The third-order valence-corrected chi connectivity index (χ3v) is 7.14. The molecule has 2 aliphatic rings. The summed E-state index contributed by atoms with van der Waals surface area (Å²) in [6.07, 6.45) is 1.92. The van der Waals surface area contributed by atoms with E-state index in [0.717, 1.165) is 31.5 Å². The standard InChI is InChI=1S/C18H28N4O3S/c1-15-3-5-17(6-4-15)26(24,25)22-13-11-21(12-14-22)18(23)19-16-7-9-20(2)10-8-16/h3-6,16H,7-14H2,1-2H3,(H,19,23). The summed E-state index contributed by atoms with van der Waals surface area (Å²) in [5.74, 6) is 0. The Labute approximate surface area is 156 Å². The average Bonchev–Trinajstić information content (AvgIpc) is 2.64. The molecule has 2 aliphatic heterocycles. The van der Waals surface area contributed by atoms with E-state index in [1.807, 2.05) is 6.92 Å². The number of piperidine rings is 1. The fourth-order valence-corrected chi connectivity index (χ4v) is 4.83. The Morgan fingerprint density at radius 1 is 1.00 bits per heavy atom. The van der Waals surface area contributed by atoms with E-state index in [1.54, 1.807) is 29.2 Å². The minimum atomic E-state index is -3.49. The molecule has 2 fully saturated rings. The second-order valence-electron chi connectivity index (χ2n) is 7.23. The summed E-state index contributed by atoms with van der Waals surface area (Å²) < 4.78 is 26.9. The molecule has 0 spiro atoms. The number of benzene rings is 1. The van der Waals surface area contributed by atoms with Gasteiger partial charge in [-0.15, -0.1) is 0 Å². The predicted molar refractivity (Wildman–Crippen MR) is 101 cm³/mol. The molecular formula is C18H28N4O3S. The summed E-state index contributed by atoms with van der Waals surface area (Å²) in [6, 6.07) is 7.03. The number of hydrogen-bond donors (Lipinski definition) is 1. The van der Waals surface area contributed by atoms with Crippen molar-refractivity contribution in [3.63, 3.8) is 0 Å². The number of rotatable bonds is 3. The van der Waals surface area contributed by atoms with Crippen molar-refractivity contribution in [3.8, 4) is 0 Å². The van der Waals surface area contributed by atoms with Crippen molar-refractivity contribution >= 4 is 16.1 Å². The van der Waals surface area contributed by atoms with Crippen molar-refractivity contribution in [2.45, 2.75) is 30.7 Å². The van der Waals surface area contributed by atoms with Crippen molar-refractivity contribution in [2.75, 3.05) is 46.3 Å². The van der Waals surface area contributed by atoms with Crippen LogP contribution in [0.4, 0.5) is 4.79 Å². The molecule has 1 aromatic rings. The van der Waals surface area contributed by atoms with E-state index in [0.29, 0.717) is 31.1 Å². The van der Waals surface area contributed by atoms with Crippen molar-refractivity contribution in [3.05, 3.63) is 29.8 Å². The average molecular weight is 381 g/mol. The van der Waals surface area contributed by atoms with Crippen molar-refractivity contribution in [1.29, 1.82) is 0 Å². The van der Waals surface area contributed by atoms with Gasteiger partial charge in [-0.05, 0) is 52.0 Å². The molecule has 0 saturated carbocycles. The molecule has 2 heterocycles. The van der Waals surface area contributed by atoms with Crippen LogP contribution in [-0.4, -0.2) is 80.9 Å². The molecule has 0 unspecified atom stereocenters. The molecule has 0 aliphatic carbocycles. The molecular weight excluding hydrogens is 352 g/mol. The van der Waals surface area contributed by atoms with Gasteiger partial charge in [0, 0.05) is 32.2 Å². The highest BCUT2D eigenvalue weighted by Gasteiger charge is 2.30. The second-order valence-corrected chi connectivity index (χ2v) is 9.17. The Balaban J connectivity index is 1.53. The number of nitrogens with one attached hydrogen (secondary N) is 1. The maximum atomic E-state index is 12.7. The molecule has 1 aromatic carbocycles. The Morgan fingerprint density at radius 3 is 2.15 bits per heavy atom. The van der Waals surface area contributed by atoms with E-state index in [4.69, 9.17) is 0 Å². The fraction of sp³-hybridized carbons (Fsp3) is 0.611. The monoisotopic (exact) mass is 380 g/mol. The number of carbonyl (C=O) groups is 1. The van der Waals surface area contributed by atoms with Gasteiger partial charge >= 0.3 is 6.03 Å². The first kappa shape index (κ1) is 19.1. The first-order valence-corrected chi connectivity index (χ1v) is 10.6. The van der Waals surface area contributed by atoms with E-state index in [1.165, 1.54) is 4.31 Å². The molecule has 0 radical (unpaired) electrons. The lowest BCUT2D eigenvalue weighted by Crippen LogP contribution is -2.55. The minimum absolute atomic E-state index is 0.0769. The van der Waals surface area contributed by atoms with Crippen LogP contribution >= 0.6 is 0 Å². The third-order valence-electron chi connectivity index (χ3n) is 5.23. The number of hydrogen-bond acceptors (Lipinski definition) is 4. The lowest BCUT2D eigenvalue weighted by Gasteiger charge is -2.36. The van der Waals surface area contributed by atoms with Crippen molar-refractivity contribution < 1.29 is 13.2 Å². The summed E-state index contributed by atoms with van der Waals surface area (Å²) >= 11 is 0. The van der Waals surface area contributed by atoms with Gasteiger partial charge in [-0.1, -0.05) is 17.7 Å². The zero-order chi connectivity index (χ0) is 18.7. The Bertz CT molecular complexity index is 719. The van der Waals surface area contributed by atoms with E-state index in [9.17, 15) is 13.2 Å². The molecule has 1 N–H and O–H groups in total. The third kappa shape index (κ3) is 4.36. The molecule has 0 atom stereocenters. The van der Waals surface area contributed by atoms with Gasteiger partial charge in [0.15, 0.2) is 0 Å². The molecule has 2 amide bonds. The lowest BCUT2D eigenvalue weighted by atomic mass is 10.1. The zero-order valence-electron chi connectivity index (χ0n) is 15.5. The van der Waals surface area contributed by atoms with Gasteiger partial charge in [0.2, 0.25) is 10.0 Å².